The van der Waals surface area contributed by atoms with Crippen molar-refractivity contribution in [2.75, 3.05) is 18.1 Å². The summed E-state index contributed by atoms with van der Waals surface area (Å²) in [7, 11) is 0. The van der Waals surface area contributed by atoms with Gasteiger partial charge in [0.2, 0.25) is 0 Å². The molecule has 2 aliphatic rings. The number of amides is 1. The highest BCUT2D eigenvalue weighted by Crippen LogP contribution is 2.36. The molecule has 24 heavy (non-hydrogen) atoms. The first-order valence-electron chi connectivity index (χ1n) is 8.00. The molecule has 0 saturated carbocycles. The lowest BCUT2D eigenvalue weighted by Crippen LogP contribution is -2.43. The minimum Gasteiger partial charge on any atom is -0.291 e. The average Bonchev–Trinajstić information content (AvgIpc) is 2.83. The fourth-order valence-corrected chi connectivity index (χ4v) is 3.98. The summed E-state index contributed by atoms with van der Waals surface area (Å²) in [6.07, 6.45) is 0.969. The third kappa shape index (κ3) is 2.39. The van der Waals surface area contributed by atoms with Gasteiger partial charge in [-0.2, -0.15) is 0 Å². The number of rotatable bonds is 2. The molecule has 2 aliphatic heterocycles. The Bertz CT molecular complexity index is 862. The second-order valence-corrected chi connectivity index (χ2v) is 7.16. The van der Waals surface area contributed by atoms with Gasteiger partial charge in [0, 0.05) is 17.6 Å². The molecular weight excluding hydrogens is 368 g/mol. The first-order valence-corrected chi connectivity index (χ1v) is 8.80. The van der Waals surface area contributed by atoms with E-state index in [0.29, 0.717) is 17.9 Å². The molecule has 0 radical (unpaired) electrons. The molecule has 4 rings (SSSR count). The lowest BCUT2D eigenvalue weighted by Gasteiger charge is -2.32. The first kappa shape index (κ1) is 15.5. The Morgan fingerprint density at radius 1 is 1.08 bits per heavy atom. The van der Waals surface area contributed by atoms with E-state index < -0.39 is 11.7 Å². The van der Waals surface area contributed by atoms with Crippen LogP contribution in [0, 0.1) is 6.92 Å². The second kappa shape index (κ2) is 5.83. The predicted molar refractivity (Wildman–Crippen MR) is 96.1 cm³/mol. The molecule has 2 aromatic carbocycles. The van der Waals surface area contributed by atoms with Gasteiger partial charge in [0.25, 0.3) is 5.78 Å². The normalized spacial score (nSPS) is 17.2. The van der Waals surface area contributed by atoms with Gasteiger partial charge >= 0.3 is 5.91 Å². The van der Waals surface area contributed by atoms with Gasteiger partial charge in [0.1, 0.15) is 0 Å². The molecule has 1 amide bonds. The van der Waals surface area contributed by atoms with Crippen LogP contribution in [0.3, 0.4) is 0 Å². The summed E-state index contributed by atoms with van der Waals surface area (Å²) < 4.78 is 0.727. The lowest BCUT2D eigenvalue weighted by atomic mass is 10.0. The maximum absolute atomic E-state index is 12.5. The molecule has 2 heterocycles. The number of halogens is 1. The molecule has 2 aromatic rings. The molecule has 0 spiro atoms. The number of Topliss-reactive ketones (excluding diaryl/α,β-unsaturated/α-hetero) is 1. The number of hydrogen-bond donors (Lipinski definition) is 0. The van der Waals surface area contributed by atoms with Gasteiger partial charge in [-0.1, -0.05) is 30.3 Å². The summed E-state index contributed by atoms with van der Waals surface area (Å²) in [6, 6.07) is 12.2. The van der Waals surface area contributed by atoms with Crippen molar-refractivity contribution in [3.63, 3.8) is 0 Å². The Labute approximate surface area is 149 Å². The Morgan fingerprint density at radius 3 is 2.62 bits per heavy atom. The molecule has 0 aromatic heterocycles. The van der Waals surface area contributed by atoms with Crippen LogP contribution in [0.2, 0.25) is 0 Å². The topological polar surface area (TPSA) is 40.6 Å². The van der Waals surface area contributed by atoms with Crippen LogP contribution >= 0.6 is 15.9 Å². The van der Waals surface area contributed by atoms with Crippen molar-refractivity contribution in [3.05, 3.63) is 63.1 Å². The number of aryl methyl sites for hydroxylation is 1. The third-order valence-electron chi connectivity index (χ3n) is 4.82. The van der Waals surface area contributed by atoms with Gasteiger partial charge in [-0.25, -0.2) is 0 Å². The van der Waals surface area contributed by atoms with E-state index in [-0.39, 0.29) is 0 Å². The SMILES string of the molecule is Cc1ccc2c(c1Br)C(=O)C(=O)N2CN1CCc2ccccc2C1. The van der Waals surface area contributed by atoms with Crippen molar-refractivity contribution < 1.29 is 9.59 Å². The maximum atomic E-state index is 12.5. The largest absolute Gasteiger partial charge is 0.300 e. The fraction of sp³-hybridized carbons (Fsp3) is 0.263. The number of benzene rings is 2. The molecule has 0 fully saturated rings. The Balaban J connectivity index is 1.62. The molecule has 0 N–H and O–H groups in total. The van der Waals surface area contributed by atoms with Crippen molar-refractivity contribution >= 4 is 33.3 Å². The van der Waals surface area contributed by atoms with Crippen LogP contribution in [0.5, 0.6) is 0 Å². The standard InChI is InChI=1S/C19H17BrN2O2/c1-12-6-7-15-16(17(12)20)18(23)19(24)22(15)11-21-9-8-13-4-2-3-5-14(13)10-21/h2-7H,8-11H2,1H3. The minimum atomic E-state index is -0.435. The molecule has 0 saturated heterocycles. The quantitative estimate of drug-likeness (QED) is 0.745. The number of carbonyl (C=O) groups excluding carboxylic acids is 2. The van der Waals surface area contributed by atoms with Gasteiger partial charge in [0.15, 0.2) is 0 Å². The Hall–Kier alpha value is -1.98. The summed E-state index contributed by atoms with van der Waals surface area (Å²) >= 11 is 3.46. The minimum absolute atomic E-state index is 0.419. The maximum Gasteiger partial charge on any atom is 0.300 e. The van der Waals surface area contributed by atoms with Crippen LogP contribution < -0.4 is 4.90 Å². The van der Waals surface area contributed by atoms with Gasteiger partial charge in [-0.05, 0) is 52.0 Å². The molecule has 122 valence electrons. The zero-order valence-electron chi connectivity index (χ0n) is 13.4. The second-order valence-electron chi connectivity index (χ2n) is 6.37. The third-order valence-corrected chi connectivity index (χ3v) is 5.84. The number of carbonyl (C=O) groups is 2. The molecular formula is C19H17BrN2O2. The zero-order valence-corrected chi connectivity index (χ0v) is 15.0. The van der Waals surface area contributed by atoms with Crippen molar-refractivity contribution in [1.29, 1.82) is 0 Å². The molecule has 0 unspecified atom stereocenters. The smallest absolute Gasteiger partial charge is 0.291 e. The summed E-state index contributed by atoms with van der Waals surface area (Å²) in [4.78, 5) is 28.7. The van der Waals surface area contributed by atoms with Gasteiger partial charge in [-0.3, -0.25) is 19.4 Å². The van der Waals surface area contributed by atoms with Crippen LogP contribution in [-0.4, -0.2) is 29.8 Å². The number of fused-ring (bicyclic) bond motifs is 2. The van der Waals surface area contributed by atoms with Crippen molar-refractivity contribution in [2.45, 2.75) is 19.9 Å². The molecule has 0 bridgehead atoms. The Morgan fingerprint density at radius 2 is 1.83 bits per heavy atom. The van der Waals surface area contributed by atoms with Crippen LogP contribution in [0.4, 0.5) is 5.69 Å². The summed E-state index contributed by atoms with van der Waals surface area (Å²) in [5.41, 5.74) is 4.84. The molecule has 0 atom stereocenters. The van der Waals surface area contributed by atoms with Crippen molar-refractivity contribution in [3.8, 4) is 0 Å². The monoisotopic (exact) mass is 384 g/mol. The number of ketones is 1. The van der Waals surface area contributed by atoms with E-state index in [1.807, 2.05) is 25.1 Å². The fourth-order valence-electron chi connectivity index (χ4n) is 3.47. The lowest BCUT2D eigenvalue weighted by molar-refractivity contribution is -0.114. The van der Waals surface area contributed by atoms with Crippen molar-refractivity contribution in [2.24, 2.45) is 0 Å². The van der Waals surface area contributed by atoms with Gasteiger partial charge < -0.3 is 0 Å². The molecule has 0 aliphatic carbocycles. The van der Waals surface area contributed by atoms with Crippen molar-refractivity contribution in [1.82, 2.24) is 4.90 Å². The van der Waals surface area contributed by atoms with Crippen LogP contribution in [-0.2, 0) is 17.8 Å². The highest BCUT2D eigenvalue weighted by molar-refractivity contribution is 9.10. The zero-order chi connectivity index (χ0) is 16.8. The first-order chi connectivity index (χ1) is 11.6. The van der Waals surface area contributed by atoms with E-state index in [1.54, 1.807) is 4.90 Å². The number of anilines is 1. The van der Waals surface area contributed by atoms with E-state index in [2.05, 4.69) is 39.0 Å². The summed E-state index contributed by atoms with van der Waals surface area (Å²) in [6.45, 7) is 4.06. The van der Waals surface area contributed by atoms with Crippen LogP contribution in [0.15, 0.2) is 40.9 Å². The summed E-state index contributed by atoms with van der Waals surface area (Å²) in [5.74, 6) is -0.854. The van der Waals surface area contributed by atoms with E-state index in [9.17, 15) is 9.59 Å². The van der Waals surface area contributed by atoms with Crippen LogP contribution in [0.25, 0.3) is 0 Å². The number of hydrogen-bond acceptors (Lipinski definition) is 3. The average molecular weight is 385 g/mol. The Kier molecular flexibility index (Phi) is 3.77. The van der Waals surface area contributed by atoms with Gasteiger partial charge in [0.05, 0.1) is 17.9 Å². The van der Waals surface area contributed by atoms with E-state index in [0.717, 1.165) is 29.5 Å². The van der Waals surface area contributed by atoms with E-state index >= 15 is 0 Å². The van der Waals surface area contributed by atoms with E-state index in [4.69, 9.17) is 0 Å². The number of nitrogens with zero attached hydrogens (tertiary/aromatic N) is 2. The summed E-state index contributed by atoms with van der Waals surface area (Å²) in [5, 5.41) is 0. The van der Waals surface area contributed by atoms with Gasteiger partial charge in [-0.15, -0.1) is 0 Å². The predicted octanol–water partition coefficient (Wildman–Crippen LogP) is 3.30. The highest BCUT2D eigenvalue weighted by Gasteiger charge is 2.38. The van der Waals surface area contributed by atoms with Crippen LogP contribution in [0.1, 0.15) is 27.0 Å². The highest BCUT2D eigenvalue weighted by atomic mass is 79.9. The molecule has 4 nitrogen and oxygen atoms in total. The van der Waals surface area contributed by atoms with E-state index in [1.165, 1.54) is 11.1 Å². The molecule has 5 heteroatoms.